The monoisotopic (exact) mass is 288 g/mol. The average molecular weight is 288 g/mol. The van der Waals surface area contributed by atoms with Crippen molar-refractivity contribution in [2.75, 3.05) is 20.2 Å². The van der Waals surface area contributed by atoms with E-state index >= 15 is 0 Å². The fraction of sp³-hybridized carbons (Fsp3) is 0.769. The van der Waals surface area contributed by atoms with Gasteiger partial charge in [-0.3, -0.25) is 4.79 Å². The Hall–Kier alpha value is -1.79. The summed E-state index contributed by atoms with van der Waals surface area (Å²) in [5.74, 6) is -1.66. The number of aliphatic carboxylic acids is 1. The Labute approximate surface area is 119 Å². The van der Waals surface area contributed by atoms with Crippen molar-refractivity contribution >= 4 is 18.0 Å². The molecule has 7 nitrogen and oxygen atoms in total. The molecule has 0 aliphatic rings. The minimum Gasteiger partial charge on any atom is -0.480 e. The third kappa shape index (κ3) is 5.90. The van der Waals surface area contributed by atoms with E-state index in [9.17, 15) is 19.5 Å². The Kier molecular flexibility index (Phi) is 7.02. The highest BCUT2D eigenvalue weighted by atomic mass is 16.5. The van der Waals surface area contributed by atoms with Gasteiger partial charge in [0.2, 0.25) is 0 Å². The number of nitrogens with zero attached hydrogens (tertiary/aromatic N) is 1. The summed E-state index contributed by atoms with van der Waals surface area (Å²) in [4.78, 5) is 35.8. The number of urea groups is 1. The molecule has 0 rings (SSSR count). The number of nitrogens with one attached hydrogen (secondary N) is 1. The molecule has 0 radical (unpaired) electrons. The van der Waals surface area contributed by atoms with E-state index in [1.807, 2.05) is 6.92 Å². The Morgan fingerprint density at radius 3 is 2.20 bits per heavy atom. The standard InChI is InChI=1S/C13H24N2O5/c1-6-7-15(8-9(16)20-5)12(19)14-10(11(17)18)13(2,3)4/h10H,6-8H2,1-5H3,(H,14,19)(H,17,18). The van der Waals surface area contributed by atoms with Crippen LogP contribution in [0.3, 0.4) is 0 Å². The van der Waals surface area contributed by atoms with Gasteiger partial charge in [-0.25, -0.2) is 9.59 Å². The Morgan fingerprint density at radius 1 is 1.30 bits per heavy atom. The molecule has 0 fully saturated rings. The molecule has 2 amide bonds. The summed E-state index contributed by atoms with van der Waals surface area (Å²) < 4.78 is 4.52. The van der Waals surface area contributed by atoms with Crippen LogP contribution in [-0.2, 0) is 14.3 Å². The number of ether oxygens (including phenoxy) is 1. The zero-order chi connectivity index (χ0) is 15.9. The van der Waals surface area contributed by atoms with E-state index in [1.54, 1.807) is 20.8 Å². The highest BCUT2D eigenvalue weighted by Gasteiger charge is 2.34. The second-order valence-electron chi connectivity index (χ2n) is 5.58. The van der Waals surface area contributed by atoms with E-state index < -0.39 is 29.4 Å². The van der Waals surface area contributed by atoms with Gasteiger partial charge in [-0.2, -0.15) is 0 Å². The van der Waals surface area contributed by atoms with E-state index in [2.05, 4.69) is 10.1 Å². The number of methoxy groups -OCH3 is 1. The van der Waals surface area contributed by atoms with Gasteiger partial charge in [0.1, 0.15) is 12.6 Å². The molecule has 0 aliphatic heterocycles. The van der Waals surface area contributed by atoms with Crippen molar-refractivity contribution < 1.29 is 24.2 Å². The predicted molar refractivity (Wildman–Crippen MR) is 73.3 cm³/mol. The van der Waals surface area contributed by atoms with Crippen LogP contribution in [-0.4, -0.2) is 54.2 Å². The van der Waals surface area contributed by atoms with Gasteiger partial charge in [-0.1, -0.05) is 27.7 Å². The normalized spacial score (nSPS) is 12.4. The molecule has 20 heavy (non-hydrogen) atoms. The van der Waals surface area contributed by atoms with Crippen molar-refractivity contribution in [3.8, 4) is 0 Å². The van der Waals surface area contributed by atoms with Crippen LogP contribution in [0.2, 0.25) is 0 Å². The van der Waals surface area contributed by atoms with Crippen LogP contribution in [0.25, 0.3) is 0 Å². The highest BCUT2D eigenvalue weighted by molar-refractivity contribution is 5.85. The SMILES string of the molecule is CCCN(CC(=O)OC)C(=O)NC(C(=O)O)C(C)(C)C. The fourth-order valence-electron chi connectivity index (χ4n) is 1.61. The zero-order valence-electron chi connectivity index (χ0n) is 12.7. The molecule has 0 spiro atoms. The molecule has 0 saturated heterocycles. The lowest BCUT2D eigenvalue weighted by atomic mass is 9.87. The molecule has 116 valence electrons. The second-order valence-corrected chi connectivity index (χ2v) is 5.58. The predicted octanol–water partition coefficient (Wildman–Crippen LogP) is 1.08. The molecule has 0 saturated carbocycles. The first-order valence-electron chi connectivity index (χ1n) is 6.48. The van der Waals surface area contributed by atoms with Crippen LogP contribution >= 0.6 is 0 Å². The van der Waals surface area contributed by atoms with Gasteiger partial charge in [-0.05, 0) is 11.8 Å². The maximum atomic E-state index is 12.1. The molecule has 2 N–H and O–H groups in total. The number of hydrogen-bond donors (Lipinski definition) is 2. The number of carboxylic acid groups (broad SMARTS) is 1. The van der Waals surface area contributed by atoms with E-state index in [0.717, 1.165) is 0 Å². The highest BCUT2D eigenvalue weighted by Crippen LogP contribution is 2.19. The fourth-order valence-corrected chi connectivity index (χ4v) is 1.61. The van der Waals surface area contributed by atoms with Gasteiger partial charge in [0.15, 0.2) is 0 Å². The summed E-state index contributed by atoms with van der Waals surface area (Å²) in [7, 11) is 1.24. The number of carbonyl (C=O) groups excluding carboxylic acids is 2. The summed E-state index contributed by atoms with van der Waals surface area (Å²) in [6.07, 6.45) is 0.650. The minimum atomic E-state index is -1.11. The topological polar surface area (TPSA) is 95.9 Å². The van der Waals surface area contributed by atoms with Crippen LogP contribution in [0.1, 0.15) is 34.1 Å². The van der Waals surface area contributed by atoms with E-state index in [0.29, 0.717) is 13.0 Å². The smallest absolute Gasteiger partial charge is 0.326 e. The number of amides is 2. The lowest BCUT2D eigenvalue weighted by Gasteiger charge is -2.30. The summed E-state index contributed by atoms with van der Waals surface area (Å²) in [6, 6.07) is -1.62. The first-order valence-corrected chi connectivity index (χ1v) is 6.48. The van der Waals surface area contributed by atoms with E-state index in [1.165, 1.54) is 12.0 Å². The summed E-state index contributed by atoms with van der Waals surface area (Å²) in [6.45, 7) is 7.16. The molecular formula is C13H24N2O5. The van der Waals surface area contributed by atoms with E-state index in [4.69, 9.17) is 0 Å². The Morgan fingerprint density at radius 2 is 1.85 bits per heavy atom. The number of rotatable bonds is 6. The number of esters is 1. The van der Waals surface area contributed by atoms with Crippen LogP contribution in [0.15, 0.2) is 0 Å². The van der Waals surface area contributed by atoms with Gasteiger partial charge in [0.25, 0.3) is 0 Å². The van der Waals surface area contributed by atoms with Crippen molar-refractivity contribution in [1.82, 2.24) is 10.2 Å². The van der Waals surface area contributed by atoms with Crippen LogP contribution in [0, 0.1) is 5.41 Å². The van der Waals surface area contributed by atoms with Crippen LogP contribution in [0.5, 0.6) is 0 Å². The maximum Gasteiger partial charge on any atom is 0.326 e. The van der Waals surface area contributed by atoms with Crippen molar-refractivity contribution in [3.05, 3.63) is 0 Å². The van der Waals surface area contributed by atoms with Crippen molar-refractivity contribution in [2.24, 2.45) is 5.41 Å². The molecule has 1 unspecified atom stereocenters. The minimum absolute atomic E-state index is 0.202. The average Bonchev–Trinajstić information content (AvgIpc) is 2.32. The number of carbonyl (C=O) groups is 3. The van der Waals surface area contributed by atoms with Gasteiger partial charge in [0.05, 0.1) is 7.11 Å². The quantitative estimate of drug-likeness (QED) is 0.713. The van der Waals surface area contributed by atoms with Gasteiger partial charge < -0.3 is 20.1 Å². The first kappa shape index (κ1) is 18.2. The summed E-state index contributed by atoms with van der Waals surface area (Å²) in [5, 5.41) is 11.6. The molecular weight excluding hydrogens is 264 g/mol. The molecule has 0 bridgehead atoms. The molecule has 0 aliphatic carbocycles. The van der Waals surface area contributed by atoms with Crippen LogP contribution in [0.4, 0.5) is 4.79 Å². The zero-order valence-corrected chi connectivity index (χ0v) is 12.7. The molecule has 0 aromatic heterocycles. The summed E-state index contributed by atoms with van der Waals surface area (Å²) in [5.41, 5.74) is -0.634. The molecule has 0 heterocycles. The maximum absolute atomic E-state index is 12.1. The third-order valence-electron chi connectivity index (χ3n) is 2.71. The van der Waals surface area contributed by atoms with Gasteiger partial charge in [0, 0.05) is 6.54 Å². The van der Waals surface area contributed by atoms with E-state index in [-0.39, 0.29) is 6.54 Å². The lowest BCUT2D eigenvalue weighted by molar-refractivity contribution is -0.142. The van der Waals surface area contributed by atoms with Crippen molar-refractivity contribution in [1.29, 1.82) is 0 Å². The molecule has 0 aromatic rings. The second kappa shape index (κ2) is 7.72. The van der Waals surface area contributed by atoms with Crippen molar-refractivity contribution in [2.45, 2.75) is 40.2 Å². The first-order chi connectivity index (χ1) is 9.13. The van der Waals surface area contributed by atoms with Crippen LogP contribution < -0.4 is 5.32 Å². The summed E-state index contributed by atoms with van der Waals surface area (Å²) >= 11 is 0. The van der Waals surface area contributed by atoms with Crippen molar-refractivity contribution in [3.63, 3.8) is 0 Å². The molecule has 1 atom stereocenters. The Bertz CT molecular complexity index is 362. The lowest BCUT2D eigenvalue weighted by Crippen LogP contribution is -2.54. The molecule has 7 heteroatoms. The largest absolute Gasteiger partial charge is 0.480 e. The number of carboxylic acids is 1. The third-order valence-corrected chi connectivity index (χ3v) is 2.71. The molecule has 0 aromatic carbocycles. The number of hydrogen-bond acceptors (Lipinski definition) is 4. The van der Waals surface area contributed by atoms with Gasteiger partial charge in [-0.15, -0.1) is 0 Å². The van der Waals surface area contributed by atoms with Gasteiger partial charge >= 0.3 is 18.0 Å². The Balaban J connectivity index is 4.89.